The van der Waals surface area contributed by atoms with Crippen molar-refractivity contribution < 1.29 is 23.5 Å². The molecular formula is C25H27ClFN3O4. The van der Waals surface area contributed by atoms with Gasteiger partial charge in [-0.1, -0.05) is 23.7 Å². The van der Waals surface area contributed by atoms with Crippen molar-refractivity contribution in [2.75, 3.05) is 38.7 Å². The normalized spacial score (nSPS) is 20.4. The van der Waals surface area contributed by atoms with E-state index >= 15 is 0 Å². The summed E-state index contributed by atoms with van der Waals surface area (Å²) in [5.41, 5.74) is 2.14. The standard InChI is InChI=1S/C25H27ClFN3O4/c1-16(31)28-23-10-22(26)24(33-2)9-18(23)5-8-25(32)29-12-20-14-34-15-21(13-29)30(20)11-17-3-6-19(27)7-4-17/h3-10,20-21H,11-15H2,1-2H3,(H,28,31)/b8-5+. The minimum Gasteiger partial charge on any atom is -0.495 e. The van der Waals surface area contributed by atoms with Crippen LogP contribution in [-0.2, 0) is 20.9 Å². The van der Waals surface area contributed by atoms with Crippen LogP contribution in [0.1, 0.15) is 18.1 Å². The van der Waals surface area contributed by atoms with Gasteiger partial charge in [0.25, 0.3) is 0 Å². The van der Waals surface area contributed by atoms with Crippen molar-refractivity contribution in [1.82, 2.24) is 9.80 Å². The molecule has 2 bridgehead atoms. The summed E-state index contributed by atoms with van der Waals surface area (Å²) in [7, 11) is 1.50. The third kappa shape index (κ3) is 5.58. The zero-order valence-corrected chi connectivity index (χ0v) is 19.8. The van der Waals surface area contributed by atoms with Gasteiger partial charge in [0.15, 0.2) is 0 Å². The van der Waals surface area contributed by atoms with Crippen LogP contribution in [0.4, 0.5) is 10.1 Å². The van der Waals surface area contributed by atoms with E-state index in [2.05, 4.69) is 10.2 Å². The second-order valence-electron chi connectivity index (χ2n) is 8.48. The van der Waals surface area contributed by atoms with E-state index in [-0.39, 0.29) is 29.7 Å². The van der Waals surface area contributed by atoms with Gasteiger partial charge in [0.05, 0.1) is 37.4 Å². The number of hydrogen-bond acceptors (Lipinski definition) is 5. The molecule has 2 aliphatic heterocycles. The Morgan fingerprint density at radius 3 is 2.50 bits per heavy atom. The highest BCUT2D eigenvalue weighted by molar-refractivity contribution is 6.32. The van der Waals surface area contributed by atoms with Crippen LogP contribution < -0.4 is 10.1 Å². The number of anilines is 1. The number of morpholine rings is 1. The van der Waals surface area contributed by atoms with E-state index in [1.54, 1.807) is 30.3 Å². The number of carbonyl (C=O) groups is 2. The van der Waals surface area contributed by atoms with Crippen molar-refractivity contribution in [1.29, 1.82) is 0 Å². The number of methoxy groups -OCH3 is 1. The SMILES string of the molecule is COc1cc(/C=C/C(=O)N2CC3COCC(C2)N3Cc2ccc(F)cc2)c(NC(C)=O)cc1Cl. The van der Waals surface area contributed by atoms with Gasteiger partial charge in [0.1, 0.15) is 11.6 Å². The summed E-state index contributed by atoms with van der Waals surface area (Å²) < 4.78 is 24.3. The van der Waals surface area contributed by atoms with Gasteiger partial charge in [-0.05, 0) is 35.9 Å². The van der Waals surface area contributed by atoms with Crippen LogP contribution >= 0.6 is 11.6 Å². The molecule has 9 heteroatoms. The van der Waals surface area contributed by atoms with Crippen LogP contribution in [0.2, 0.25) is 5.02 Å². The Hall–Kier alpha value is -2.94. The first-order chi connectivity index (χ1) is 16.3. The van der Waals surface area contributed by atoms with Crippen LogP contribution in [0.25, 0.3) is 6.08 Å². The Bertz CT molecular complexity index is 1080. The highest BCUT2D eigenvalue weighted by Crippen LogP contribution is 2.32. The molecule has 0 saturated carbocycles. The Morgan fingerprint density at radius 2 is 1.88 bits per heavy atom. The number of amides is 2. The first-order valence-corrected chi connectivity index (χ1v) is 11.4. The fraction of sp³-hybridized carbons (Fsp3) is 0.360. The molecule has 0 spiro atoms. The molecule has 2 unspecified atom stereocenters. The first kappa shape index (κ1) is 24.2. The average molecular weight is 488 g/mol. The summed E-state index contributed by atoms with van der Waals surface area (Å²) in [5.74, 6) is -0.174. The van der Waals surface area contributed by atoms with E-state index in [4.69, 9.17) is 21.1 Å². The average Bonchev–Trinajstić information content (AvgIpc) is 2.79. The number of benzene rings is 2. The second-order valence-corrected chi connectivity index (χ2v) is 8.88. The molecule has 2 amide bonds. The van der Waals surface area contributed by atoms with E-state index in [1.165, 1.54) is 32.2 Å². The molecule has 2 saturated heterocycles. The maximum Gasteiger partial charge on any atom is 0.246 e. The van der Waals surface area contributed by atoms with Crippen LogP contribution in [0.15, 0.2) is 42.5 Å². The number of ether oxygens (including phenoxy) is 2. The third-order valence-electron chi connectivity index (χ3n) is 6.05. The minimum absolute atomic E-state index is 0.0560. The Morgan fingerprint density at radius 1 is 1.21 bits per heavy atom. The van der Waals surface area contributed by atoms with Gasteiger partial charge in [-0.3, -0.25) is 14.5 Å². The molecular weight excluding hydrogens is 461 g/mol. The second kappa shape index (κ2) is 10.5. The smallest absolute Gasteiger partial charge is 0.246 e. The topological polar surface area (TPSA) is 71.1 Å². The first-order valence-electron chi connectivity index (χ1n) is 11.0. The van der Waals surface area contributed by atoms with Crippen LogP contribution in [0.5, 0.6) is 5.75 Å². The van der Waals surface area contributed by atoms with Gasteiger partial charge < -0.3 is 19.7 Å². The number of carbonyl (C=O) groups excluding carboxylic acids is 2. The van der Waals surface area contributed by atoms with Gasteiger partial charge in [-0.2, -0.15) is 0 Å². The number of nitrogens with one attached hydrogen (secondary N) is 1. The molecule has 0 radical (unpaired) electrons. The molecule has 180 valence electrons. The Kier molecular flexibility index (Phi) is 7.50. The highest BCUT2D eigenvalue weighted by Gasteiger charge is 2.39. The lowest BCUT2D eigenvalue weighted by molar-refractivity contribution is -0.141. The maximum atomic E-state index is 13.3. The van der Waals surface area contributed by atoms with Crippen molar-refractivity contribution in [2.24, 2.45) is 0 Å². The number of hydrogen-bond donors (Lipinski definition) is 1. The molecule has 0 aromatic heterocycles. The van der Waals surface area contributed by atoms with Gasteiger partial charge in [-0.15, -0.1) is 0 Å². The van der Waals surface area contributed by atoms with E-state index in [0.717, 1.165) is 5.56 Å². The van der Waals surface area contributed by atoms with Crippen molar-refractivity contribution in [3.63, 3.8) is 0 Å². The lowest BCUT2D eigenvalue weighted by atomic mass is 10.0. The number of rotatable bonds is 6. The van der Waals surface area contributed by atoms with Crippen LogP contribution in [0.3, 0.4) is 0 Å². The van der Waals surface area contributed by atoms with Gasteiger partial charge in [-0.25, -0.2) is 4.39 Å². The Balaban J connectivity index is 1.47. The molecule has 2 heterocycles. The monoisotopic (exact) mass is 487 g/mol. The molecule has 2 fully saturated rings. The predicted octanol–water partition coefficient (Wildman–Crippen LogP) is 3.57. The van der Waals surface area contributed by atoms with Gasteiger partial charge in [0, 0.05) is 43.9 Å². The van der Waals surface area contributed by atoms with Crippen LogP contribution in [0, 0.1) is 5.82 Å². The number of piperazine rings is 1. The van der Waals surface area contributed by atoms with Gasteiger partial charge >= 0.3 is 0 Å². The lowest BCUT2D eigenvalue weighted by Gasteiger charge is -2.49. The number of fused-ring (bicyclic) bond motifs is 2. The minimum atomic E-state index is -0.255. The third-order valence-corrected chi connectivity index (χ3v) is 6.35. The highest BCUT2D eigenvalue weighted by atomic mass is 35.5. The lowest BCUT2D eigenvalue weighted by Crippen LogP contribution is -2.64. The maximum absolute atomic E-state index is 13.3. The molecule has 2 atom stereocenters. The molecule has 0 aliphatic carbocycles. The molecule has 4 rings (SSSR count). The number of nitrogens with zero attached hydrogens (tertiary/aromatic N) is 2. The summed E-state index contributed by atoms with van der Waals surface area (Å²) in [6, 6.07) is 9.90. The fourth-order valence-corrected chi connectivity index (χ4v) is 4.64. The van der Waals surface area contributed by atoms with Crippen molar-refractivity contribution >= 4 is 35.2 Å². The van der Waals surface area contributed by atoms with Crippen LogP contribution in [-0.4, -0.2) is 67.1 Å². The molecule has 34 heavy (non-hydrogen) atoms. The van der Waals surface area contributed by atoms with Crippen molar-refractivity contribution in [3.8, 4) is 5.75 Å². The van der Waals surface area contributed by atoms with E-state index < -0.39 is 0 Å². The molecule has 2 aromatic carbocycles. The van der Waals surface area contributed by atoms with Crippen molar-refractivity contribution in [3.05, 3.63) is 64.4 Å². The largest absolute Gasteiger partial charge is 0.495 e. The molecule has 2 aliphatic rings. The summed E-state index contributed by atoms with van der Waals surface area (Å²) in [6.07, 6.45) is 3.16. The molecule has 2 aromatic rings. The quantitative estimate of drug-likeness (QED) is 0.631. The van der Waals surface area contributed by atoms with E-state index in [1.807, 2.05) is 4.90 Å². The summed E-state index contributed by atoms with van der Waals surface area (Å²) in [4.78, 5) is 28.8. The number of halogens is 2. The summed E-state index contributed by atoms with van der Waals surface area (Å²) in [5, 5.41) is 3.09. The predicted molar refractivity (Wildman–Crippen MR) is 128 cm³/mol. The summed E-state index contributed by atoms with van der Waals surface area (Å²) >= 11 is 6.19. The Labute approximate surface area is 203 Å². The zero-order valence-electron chi connectivity index (χ0n) is 19.1. The van der Waals surface area contributed by atoms with Crippen molar-refractivity contribution in [2.45, 2.75) is 25.6 Å². The van der Waals surface area contributed by atoms with E-state index in [0.29, 0.717) is 54.9 Å². The summed E-state index contributed by atoms with van der Waals surface area (Å²) in [6.45, 7) is 4.22. The zero-order chi connectivity index (χ0) is 24.2. The fourth-order valence-electron chi connectivity index (χ4n) is 4.39. The molecule has 7 nitrogen and oxygen atoms in total. The molecule has 1 N–H and O–H groups in total. The van der Waals surface area contributed by atoms with E-state index in [9.17, 15) is 14.0 Å². The van der Waals surface area contributed by atoms with Gasteiger partial charge in [0.2, 0.25) is 11.8 Å².